The SMILES string of the molecule is COC(=O)c1ccccc1O/C(=C/c1cccc(-c2cc(C(=O)O)no2)c1)CO. The summed E-state index contributed by atoms with van der Waals surface area (Å²) < 4.78 is 15.5. The van der Waals surface area contributed by atoms with Crippen molar-refractivity contribution in [2.24, 2.45) is 0 Å². The summed E-state index contributed by atoms with van der Waals surface area (Å²) >= 11 is 0. The monoisotopic (exact) mass is 395 g/mol. The molecule has 8 nitrogen and oxygen atoms in total. The Morgan fingerprint density at radius 2 is 1.93 bits per heavy atom. The molecule has 0 bridgehead atoms. The Kier molecular flexibility index (Phi) is 6.06. The van der Waals surface area contributed by atoms with E-state index in [9.17, 15) is 14.7 Å². The first-order chi connectivity index (χ1) is 14.0. The smallest absolute Gasteiger partial charge is 0.358 e. The summed E-state index contributed by atoms with van der Waals surface area (Å²) in [5.74, 6) is -1.00. The molecule has 0 fully saturated rings. The number of para-hydroxylation sites is 1. The van der Waals surface area contributed by atoms with Crippen molar-refractivity contribution in [2.45, 2.75) is 0 Å². The van der Waals surface area contributed by atoms with Crippen LogP contribution in [0, 0.1) is 0 Å². The van der Waals surface area contributed by atoms with Gasteiger partial charge in [-0.15, -0.1) is 0 Å². The highest BCUT2D eigenvalue weighted by atomic mass is 16.5. The average molecular weight is 395 g/mol. The zero-order valence-corrected chi connectivity index (χ0v) is 15.4. The molecule has 0 saturated heterocycles. The van der Waals surface area contributed by atoms with Gasteiger partial charge in [0.25, 0.3) is 0 Å². The molecular weight excluding hydrogens is 378 g/mol. The third kappa shape index (κ3) is 4.69. The minimum Gasteiger partial charge on any atom is -0.476 e. The fourth-order valence-corrected chi connectivity index (χ4v) is 2.56. The number of carboxylic acid groups (broad SMARTS) is 1. The Balaban J connectivity index is 1.88. The third-order valence-electron chi connectivity index (χ3n) is 3.92. The van der Waals surface area contributed by atoms with Crippen molar-refractivity contribution in [1.82, 2.24) is 5.16 Å². The number of hydrogen-bond acceptors (Lipinski definition) is 7. The van der Waals surface area contributed by atoms with Crippen molar-refractivity contribution in [2.75, 3.05) is 13.7 Å². The minimum absolute atomic E-state index is 0.195. The highest BCUT2D eigenvalue weighted by molar-refractivity contribution is 5.92. The quantitative estimate of drug-likeness (QED) is 0.462. The van der Waals surface area contributed by atoms with Gasteiger partial charge >= 0.3 is 11.9 Å². The Labute approximate surface area is 165 Å². The summed E-state index contributed by atoms with van der Waals surface area (Å²) in [4.78, 5) is 22.8. The van der Waals surface area contributed by atoms with Gasteiger partial charge in [-0.2, -0.15) is 0 Å². The topological polar surface area (TPSA) is 119 Å². The molecule has 0 radical (unpaired) electrons. The molecule has 2 N–H and O–H groups in total. The molecule has 0 aliphatic rings. The molecule has 0 unspecified atom stereocenters. The Bertz CT molecular complexity index is 1070. The van der Waals surface area contributed by atoms with Crippen LogP contribution in [0.2, 0.25) is 0 Å². The number of carbonyl (C=O) groups is 2. The zero-order valence-electron chi connectivity index (χ0n) is 15.4. The van der Waals surface area contributed by atoms with E-state index >= 15 is 0 Å². The summed E-state index contributed by atoms with van der Waals surface area (Å²) in [6.07, 6.45) is 1.59. The third-order valence-corrected chi connectivity index (χ3v) is 3.92. The van der Waals surface area contributed by atoms with E-state index < -0.39 is 18.5 Å². The van der Waals surface area contributed by atoms with Crippen molar-refractivity contribution in [1.29, 1.82) is 0 Å². The molecule has 8 heteroatoms. The Morgan fingerprint density at radius 1 is 1.14 bits per heavy atom. The number of hydrogen-bond donors (Lipinski definition) is 2. The van der Waals surface area contributed by atoms with Gasteiger partial charge in [-0.1, -0.05) is 35.5 Å². The van der Waals surface area contributed by atoms with Gasteiger partial charge in [-0.25, -0.2) is 9.59 Å². The van der Waals surface area contributed by atoms with Crippen LogP contribution in [-0.4, -0.2) is 41.0 Å². The number of ether oxygens (including phenoxy) is 2. The van der Waals surface area contributed by atoms with Crippen molar-refractivity contribution in [3.05, 3.63) is 77.2 Å². The van der Waals surface area contributed by atoms with E-state index in [0.717, 1.165) is 0 Å². The van der Waals surface area contributed by atoms with Crippen molar-refractivity contribution < 1.29 is 33.8 Å². The van der Waals surface area contributed by atoms with Crippen molar-refractivity contribution in [3.63, 3.8) is 0 Å². The van der Waals surface area contributed by atoms with Gasteiger partial charge in [0.15, 0.2) is 11.5 Å². The van der Waals surface area contributed by atoms with Gasteiger partial charge in [0.05, 0.1) is 7.11 Å². The highest BCUT2D eigenvalue weighted by Crippen LogP contribution is 2.25. The number of carboxylic acids is 1. The summed E-state index contributed by atoms with van der Waals surface area (Å²) in [5.41, 5.74) is 1.30. The lowest BCUT2D eigenvalue weighted by atomic mass is 10.1. The summed E-state index contributed by atoms with van der Waals surface area (Å²) in [7, 11) is 1.27. The first-order valence-corrected chi connectivity index (χ1v) is 8.49. The van der Waals surface area contributed by atoms with Crippen LogP contribution >= 0.6 is 0 Å². The van der Waals surface area contributed by atoms with Crippen LogP contribution in [0.25, 0.3) is 17.4 Å². The summed E-state index contributed by atoms with van der Waals surface area (Å²) in [5, 5.41) is 22.1. The summed E-state index contributed by atoms with van der Waals surface area (Å²) in [6, 6.07) is 14.8. The van der Waals surface area contributed by atoms with E-state index in [1.165, 1.54) is 13.2 Å². The zero-order chi connectivity index (χ0) is 20.8. The van der Waals surface area contributed by atoms with E-state index in [2.05, 4.69) is 5.16 Å². The maximum Gasteiger partial charge on any atom is 0.358 e. The number of esters is 1. The second kappa shape index (κ2) is 8.85. The van der Waals surface area contributed by atoms with Crippen LogP contribution in [0.3, 0.4) is 0 Å². The molecule has 3 aromatic rings. The standard InChI is InChI=1S/C21H17NO7/c1-27-21(26)16-7-2-3-8-18(16)28-15(12-23)10-13-5-4-6-14(9-13)19-11-17(20(24)25)22-29-19/h2-11,23H,12H2,1H3,(H,24,25)/b15-10+. The molecule has 1 aromatic heterocycles. The molecule has 2 aromatic carbocycles. The lowest BCUT2D eigenvalue weighted by Crippen LogP contribution is -2.07. The van der Waals surface area contributed by atoms with E-state index in [1.54, 1.807) is 54.6 Å². The number of rotatable bonds is 7. The lowest BCUT2D eigenvalue weighted by molar-refractivity contribution is 0.0596. The average Bonchev–Trinajstić information content (AvgIpc) is 3.24. The first-order valence-electron chi connectivity index (χ1n) is 8.49. The predicted octanol–water partition coefficient (Wildman–Crippen LogP) is 3.24. The molecule has 29 heavy (non-hydrogen) atoms. The van der Waals surface area contributed by atoms with Gasteiger partial charge in [0.1, 0.15) is 23.7 Å². The lowest BCUT2D eigenvalue weighted by Gasteiger charge is -2.11. The predicted molar refractivity (Wildman–Crippen MR) is 102 cm³/mol. The Morgan fingerprint density at radius 3 is 2.62 bits per heavy atom. The summed E-state index contributed by atoms with van der Waals surface area (Å²) in [6.45, 7) is -0.412. The molecule has 1 heterocycles. The number of benzene rings is 2. The van der Waals surface area contributed by atoms with Gasteiger partial charge in [0.2, 0.25) is 0 Å². The van der Waals surface area contributed by atoms with Crippen molar-refractivity contribution >= 4 is 18.0 Å². The molecule has 0 spiro atoms. The fraction of sp³-hybridized carbons (Fsp3) is 0.0952. The van der Waals surface area contributed by atoms with Gasteiger partial charge in [0, 0.05) is 11.6 Å². The fourth-order valence-electron chi connectivity index (χ4n) is 2.56. The normalized spacial score (nSPS) is 11.2. The maximum atomic E-state index is 11.9. The van der Waals surface area contributed by atoms with Crippen LogP contribution in [0.4, 0.5) is 0 Å². The maximum absolute atomic E-state index is 11.9. The van der Waals surface area contributed by atoms with Crippen molar-refractivity contribution in [3.8, 4) is 17.1 Å². The second-order valence-electron chi connectivity index (χ2n) is 5.87. The number of aromatic carboxylic acids is 1. The van der Waals surface area contributed by atoms with Crippen LogP contribution in [0.5, 0.6) is 5.75 Å². The minimum atomic E-state index is -1.18. The van der Waals surface area contributed by atoms with E-state index in [-0.39, 0.29) is 22.8 Å². The number of aliphatic hydroxyl groups is 1. The van der Waals surface area contributed by atoms with Crippen LogP contribution in [0.1, 0.15) is 26.4 Å². The molecule has 0 saturated carbocycles. The number of aromatic nitrogens is 1. The van der Waals surface area contributed by atoms with Gasteiger partial charge in [-0.05, 0) is 29.8 Å². The number of carbonyl (C=O) groups excluding carboxylic acids is 1. The van der Waals surface area contributed by atoms with Gasteiger partial charge in [-0.3, -0.25) is 0 Å². The molecular formula is C21H17NO7. The number of aliphatic hydroxyl groups excluding tert-OH is 1. The number of methoxy groups -OCH3 is 1. The molecule has 3 rings (SSSR count). The second-order valence-corrected chi connectivity index (χ2v) is 5.87. The van der Waals surface area contributed by atoms with Crippen LogP contribution in [-0.2, 0) is 4.74 Å². The molecule has 0 aliphatic heterocycles. The number of nitrogens with zero attached hydrogens (tertiary/aromatic N) is 1. The molecule has 0 aliphatic carbocycles. The van der Waals surface area contributed by atoms with Crippen LogP contribution in [0.15, 0.2) is 64.9 Å². The molecule has 148 valence electrons. The molecule has 0 amide bonds. The van der Waals surface area contributed by atoms with Crippen LogP contribution < -0.4 is 4.74 Å². The van der Waals surface area contributed by atoms with E-state index in [4.69, 9.17) is 19.1 Å². The first kappa shape index (κ1) is 19.8. The van der Waals surface area contributed by atoms with E-state index in [0.29, 0.717) is 16.9 Å². The Hall–Kier alpha value is -3.91. The van der Waals surface area contributed by atoms with Gasteiger partial charge < -0.3 is 24.2 Å². The van der Waals surface area contributed by atoms with E-state index in [1.807, 2.05) is 0 Å². The largest absolute Gasteiger partial charge is 0.476 e. The molecule has 0 atom stereocenters. The highest BCUT2D eigenvalue weighted by Gasteiger charge is 2.14.